The quantitative estimate of drug-likeness (QED) is 0.876. The molecule has 0 saturated carbocycles. The zero-order valence-electron chi connectivity index (χ0n) is 11.9. The number of pyridine rings is 1. The van der Waals surface area contributed by atoms with Gasteiger partial charge in [-0.2, -0.15) is 0 Å². The zero-order chi connectivity index (χ0) is 15.2. The fraction of sp³-hybridized carbons (Fsp3) is 0.312. The summed E-state index contributed by atoms with van der Waals surface area (Å²) < 4.78 is 5.85. The molecule has 1 unspecified atom stereocenters. The molecular weight excluding hydrogens is 307 g/mol. The van der Waals surface area contributed by atoms with E-state index in [-0.39, 0.29) is 6.04 Å². The van der Waals surface area contributed by atoms with E-state index in [1.54, 1.807) is 12.3 Å². The van der Waals surface area contributed by atoms with Crippen molar-refractivity contribution >= 4 is 23.2 Å². The average molecular weight is 325 g/mol. The molecule has 3 nitrogen and oxygen atoms in total. The van der Waals surface area contributed by atoms with Gasteiger partial charge in [0, 0.05) is 29.9 Å². The summed E-state index contributed by atoms with van der Waals surface area (Å²) in [5.41, 5.74) is 7.92. The van der Waals surface area contributed by atoms with Crippen LogP contribution in [0, 0.1) is 0 Å². The van der Waals surface area contributed by atoms with E-state index < -0.39 is 0 Å². The Bertz CT molecular complexity index is 588. The number of nitrogens with two attached hydrogens (primary N) is 1. The molecule has 0 bridgehead atoms. The summed E-state index contributed by atoms with van der Waals surface area (Å²) in [5, 5.41) is 1.11. The third-order valence-corrected chi connectivity index (χ3v) is 3.49. The lowest BCUT2D eigenvalue weighted by Crippen LogP contribution is -2.18. The second-order valence-electron chi connectivity index (χ2n) is 5.02. The predicted molar refractivity (Wildman–Crippen MR) is 87.3 cm³/mol. The molecule has 1 aromatic heterocycles. The van der Waals surface area contributed by atoms with Gasteiger partial charge in [0.05, 0.1) is 11.6 Å². The van der Waals surface area contributed by atoms with Crippen molar-refractivity contribution in [1.29, 1.82) is 0 Å². The molecule has 0 fully saturated rings. The van der Waals surface area contributed by atoms with Crippen LogP contribution in [0.5, 0.6) is 5.75 Å². The number of hydrogen-bond acceptors (Lipinski definition) is 3. The molecule has 0 aliphatic rings. The molecule has 0 aliphatic heterocycles. The van der Waals surface area contributed by atoms with Gasteiger partial charge < -0.3 is 10.5 Å². The maximum atomic E-state index is 6.24. The summed E-state index contributed by atoms with van der Waals surface area (Å²) >= 11 is 12.3. The van der Waals surface area contributed by atoms with Crippen molar-refractivity contribution in [3.8, 4) is 5.75 Å². The molecule has 0 aliphatic carbocycles. The van der Waals surface area contributed by atoms with Crippen molar-refractivity contribution in [2.75, 3.05) is 6.61 Å². The number of benzene rings is 1. The average Bonchev–Trinajstić information content (AvgIpc) is 2.42. The second kappa shape index (κ2) is 7.64. The first-order valence-corrected chi connectivity index (χ1v) is 7.57. The van der Waals surface area contributed by atoms with Crippen LogP contribution >= 0.6 is 23.2 Å². The van der Waals surface area contributed by atoms with Crippen LogP contribution in [-0.4, -0.2) is 17.6 Å². The molecule has 1 aromatic carbocycles. The first-order chi connectivity index (χ1) is 10.1. The summed E-state index contributed by atoms with van der Waals surface area (Å²) in [6.07, 6.45) is 5.02. The van der Waals surface area contributed by atoms with E-state index in [1.807, 2.05) is 31.3 Å². The van der Waals surface area contributed by atoms with E-state index >= 15 is 0 Å². The molecule has 2 aromatic rings. The predicted octanol–water partition coefficient (Wildman–Crippen LogP) is 3.90. The molecule has 2 N–H and O–H groups in total. The minimum Gasteiger partial charge on any atom is -0.491 e. The minimum absolute atomic E-state index is 0.0141. The van der Waals surface area contributed by atoms with Crippen LogP contribution in [0.15, 0.2) is 36.7 Å². The Kier molecular flexibility index (Phi) is 5.85. The summed E-state index contributed by atoms with van der Waals surface area (Å²) in [6.45, 7) is 2.47. The Balaban J connectivity index is 2.08. The number of halogens is 2. The second-order valence-corrected chi connectivity index (χ2v) is 5.86. The van der Waals surface area contributed by atoms with E-state index in [4.69, 9.17) is 33.7 Å². The third-order valence-electron chi connectivity index (χ3n) is 2.99. The highest BCUT2D eigenvalue weighted by Gasteiger charge is 2.12. The van der Waals surface area contributed by atoms with Crippen LogP contribution in [0.1, 0.15) is 18.1 Å². The fourth-order valence-corrected chi connectivity index (χ4v) is 2.68. The fourth-order valence-electron chi connectivity index (χ4n) is 2.09. The monoisotopic (exact) mass is 324 g/mol. The van der Waals surface area contributed by atoms with Gasteiger partial charge in [0.2, 0.25) is 0 Å². The zero-order valence-corrected chi connectivity index (χ0v) is 13.4. The largest absolute Gasteiger partial charge is 0.491 e. The SMILES string of the molecule is CC(N)Cc1cc(Cl)cc(Cl)c1OCCc1cccnc1. The van der Waals surface area contributed by atoms with Crippen molar-refractivity contribution in [3.05, 3.63) is 57.8 Å². The highest BCUT2D eigenvalue weighted by molar-refractivity contribution is 6.35. The van der Waals surface area contributed by atoms with Gasteiger partial charge in [0.25, 0.3) is 0 Å². The van der Waals surface area contributed by atoms with E-state index in [0.29, 0.717) is 28.8 Å². The van der Waals surface area contributed by atoms with Crippen molar-refractivity contribution in [3.63, 3.8) is 0 Å². The highest BCUT2D eigenvalue weighted by atomic mass is 35.5. The standard InChI is InChI=1S/C16H18Cl2N2O/c1-11(19)7-13-8-14(17)9-15(18)16(13)21-6-4-12-3-2-5-20-10-12/h2-3,5,8-11H,4,6-7,19H2,1H3. The maximum absolute atomic E-state index is 6.24. The minimum atomic E-state index is 0.0141. The summed E-state index contributed by atoms with van der Waals surface area (Å²) in [7, 11) is 0. The van der Waals surface area contributed by atoms with Crippen LogP contribution in [0.3, 0.4) is 0 Å². The smallest absolute Gasteiger partial charge is 0.141 e. The number of ether oxygens (including phenoxy) is 1. The van der Waals surface area contributed by atoms with Crippen LogP contribution < -0.4 is 10.5 Å². The lowest BCUT2D eigenvalue weighted by Gasteiger charge is -2.15. The van der Waals surface area contributed by atoms with Crippen LogP contribution in [0.2, 0.25) is 10.0 Å². The molecule has 0 amide bonds. The Hall–Kier alpha value is -1.29. The Morgan fingerprint density at radius 3 is 2.81 bits per heavy atom. The van der Waals surface area contributed by atoms with Crippen LogP contribution in [-0.2, 0) is 12.8 Å². The van der Waals surface area contributed by atoms with Crippen molar-refractivity contribution in [2.24, 2.45) is 5.73 Å². The van der Waals surface area contributed by atoms with Crippen LogP contribution in [0.4, 0.5) is 0 Å². The summed E-state index contributed by atoms with van der Waals surface area (Å²) in [5.74, 6) is 0.669. The first-order valence-electron chi connectivity index (χ1n) is 6.81. The number of rotatable bonds is 6. The Labute approximate surface area is 135 Å². The topological polar surface area (TPSA) is 48.1 Å². The maximum Gasteiger partial charge on any atom is 0.141 e. The number of hydrogen-bond donors (Lipinski definition) is 1. The molecule has 5 heteroatoms. The summed E-state index contributed by atoms with van der Waals surface area (Å²) in [6, 6.07) is 7.48. The molecule has 0 radical (unpaired) electrons. The molecule has 21 heavy (non-hydrogen) atoms. The summed E-state index contributed by atoms with van der Waals surface area (Å²) in [4.78, 5) is 4.08. The molecule has 1 heterocycles. The van der Waals surface area contributed by atoms with Gasteiger partial charge in [0.15, 0.2) is 0 Å². The van der Waals surface area contributed by atoms with E-state index in [2.05, 4.69) is 4.98 Å². The van der Waals surface area contributed by atoms with E-state index in [1.165, 1.54) is 0 Å². The van der Waals surface area contributed by atoms with Crippen LogP contribution in [0.25, 0.3) is 0 Å². The Morgan fingerprint density at radius 1 is 1.33 bits per heavy atom. The number of aromatic nitrogens is 1. The molecule has 2 rings (SSSR count). The normalized spacial score (nSPS) is 12.2. The van der Waals surface area contributed by atoms with Crippen molar-refractivity contribution < 1.29 is 4.74 Å². The Morgan fingerprint density at radius 2 is 2.14 bits per heavy atom. The third kappa shape index (κ3) is 4.88. The molecule has 0 saturated heterocycles. The van der Waals surface area contributed by atoms with Gasteiger partial charge in [-0.3, -0.25) is 4.98 Å². The van der Waals surface area contributed by atoms with Crippen molar-refractivity contribution in [1.82, 2.24) is 4.98 Å². The molecule has 112 valence electrons. The van der Waals surface area contributed by atoms with Gasteiger partial charge in [0.1, 0.15) is 5.75 Å². The lowest BCUT2D eigenvalue weighted by atomic mass is 10.1. The molecule has 0 spiro atoms. The van der Waals surface area contributed by atoms with Gasteiger partial charge in [-0.05, 0) is 42.7 Å². The highest BCUT2D eigenvalue weighted by Crippen LogP contribution is 2.33. The van der Waals surface area contributed by atoms with Crippen molar-refractivity contribution in [2.45, 2.75) is 25.8 Å². The van der Waals surface area contributed by atoms with Gasteiger partial charge in [-0.1, -0.05) is 29.3 Å². The van der Waals surface area contributed by atoms with E-state index in [9.17, 15) is 0 Å². The van der Waals surface area contributed by atoms with Gasteiger partial charge in [-0.15, -0.1) is 0 Å². The first kappa shape index (κ1) is 16.1. The van der Waals surface area contributed by atoms with Gasteiger partial charge >= 0.3 is 0 Å². The van der Waals surface area contributed by atoms with Gasteiger partial charge in [-0.25, -0.2) is 0 Å². The molecular formula is C16H18Cl2N2O. The van der Waals surface area contributed by atoms with E-state index in [0.717, 1.165) is 17.5 Å². The lowest BCUT2D eigenvalue weighted by molar-refractivity contribution is 0.318. The number of nitrogens with zero attached hydrogens (tertiary/aromatic N) is 1. The molecule has 1 atom stereocenters.